The Balaban J connectivity index is 1.23. The fraction of sp³-hybridized carbons (Fsp3) is 0.387. The number of pyridine rings is 1. The number of ether oxygens (including phenoxy) is 1. The van der Waals surface area contributed by atoms with E-state index in [4.69, 9.17) is 9.72 Å². The molecule has 0 spiro atoms. The van der Waals surface area contributed by atoms with Crippen molar-refractivity contribution in [2.75, 3.05) is 18.6 Å². The zero-order valence-corrected chi connectivity index (χ0v) is 22.3. The van der Waals surface area contributed by atoms with Crippen molar-refractivity contribution < 1.29 is 14.3 Å². The Morgan fingerprint density at radius 3 is 2.58 bits per heavy atom. The maximum absolute atomic E-state index is 13.1. The van der Waals surface area contributed by atoms with Gasteiger partial charge in [0.2, 0.25) is 0 Å². The van der Waals surface area contributed by atoms with Crippen LogP contribution in [0.15, 0.2) is 66.9 Å². The highest BCUT2D eigenvalue weighted by Crippen LogP contribution is 2.39. The molecule has 4 unspecified atom stereocenters. The number of rotatable bonds is 7. The minimum Gasteiger partial charge on any atom is -0.496 e. The van der Waals surface area contributed by atoms with Crippen LogP contribution in [0.25, 0.3) is 0 Å². The largest absolute Gasteiger partial charge is 0.496 e. The smallest absolute Gasteiger partial charge is 0.253 e. The van der Waals surface area contributed by atoms with Crippen molar-refractivity contribution in [1.82, 2.24) is 15.6 Å². The molecular formula is C31H36N4O3. The maximum Gasteiger partial charge on any atom is 0.253 e. The number of fused-ring (bicyclic) bond motifs is 1. The first kappa shape index (κ1) is 25.8. The standard InChI is InChI=1S/C31H36N4O3/c1-20-26(12-7-13-28(20)38-3)31(37)34-25-17-23-11-8-16-35(27(23)18-25)29-15-14-24(19-32-29)30(36)33-21(2)22-9-5-4-6-10-22/h4-7,9-10,12-15,19,21,23,25,27H,8,11,16-18H2,1-3H3,(H,33,36)(H,34,37). The third kappa shape index (κ3) is 5.37. The molecule has 0 bridgehead atoms. The number of carbonyl (C=O) groups is 2. The highest BCUT2D eigenvalue weighted by atomic mass is 16.5. The molecule has 1 aromatic heterocycles. The molecule has 2 fully saturated rings. The highest BCUT2D eigenvalue weighted by molar-refractivity contribution is 5.96. The molecule has 7 heteroatoms. The summed E-state index contributed by atoms with van der Waals surface area (Å²) in [6.07, 6.45) is 5.77. The van der Waals surface area contributed by atoms with Crippen molar-refractivity contribution in [3.05, 3.63) is 89.1 Å². The monoisotopic (exact) mass is 512 g/mol. The Morgan fingerprint density at radius 2 is 1.84 bits per heavy atom. The van der Waals surface area contributed by atoms with Crippen molar-refractivity contribution >= 4 is 17.6 Å². The van der Waals surface area contributed by atoms with Gasteiger partial charge in [-0.1, -0.05) is 36.4 Å². The lowest BCUT2D eigenvalue weighted by Gasteiger charge is -2.38. The Labute approximate surface area is 224 Å². The van der Waals surface area contributed by atoms with Gasteiger partial charge in [-0.3, -0.25) is 9.59 Å². The number of anilines is 1. The number of nitrogens with zero attached hydrogens (tertiary/aromatic N) is 2. The molecule has 7 nitrogen and oxygen atoms in total. The lowest BCUT2D eigenvalue weighted by molar-refractivity contribution is 0.0929. The van der Waals surface area contributed by atoms with Crippen molar-refractivity contribution in [3.63, 3.8) is 0 Å². The number of hydrogen-bond acceptors (Lipinski definition) is 5. The topological polar surface area (TPSA) is 83.6 Å². The van der Waals surface area contributed by atoms with Gasteiger partial charge in [0.25, 0.3) is 11.8 Å². The minimum atomic E-state index is -0.131. The fourth-order valence-corrected chi connectivity index (χ4v) is 6.03. The van der Waals surface area contributed by atoms with Crippen LogP contribution in [0.1, 0.15) is 70.5 Å². The summed E-state index contributed by atoms with van der Waals surface area (Å²) < 4.78 is 5.39. The summed E-state index contributed by atoms with van der Waals surface area (Å²) >= 11 is 0. The fourth-order valence-electron chi connectivity index (χ4n) is 6.03. The number of piperidine rings is 1. The molecule has 1 saturated carbocycles. The van der Waals surface area contributed by atoms with E-state index in [0.717, 1.165) is 54.9 Å². The van der Waals surface area contributed by atoms with Crippen LogP contribution in [0.4, 0.5) is 5.82 Å². The summed E-state index contributed by atoms with van der Waals surface area (Å²) in [5.74, 6) is 1.95. The third-order valence-corrected chi connectivity index (χ3v) is 8.07. The number of aromatic nitrogens is 1. The van der Waals surface area contributed by atoms with Gasteiger partial charge in [0, 0.05) is 36.0 Å². The number of methoxy groups -OCH3 is 1. The van der Waals surface area contributed by atoms with Crippen LogP contribution in [-0.4, -0.2) is 42.5 Å². The SMILES string of the molecule is COc1cccc(C(=O)NC2CC3CCCN(c4ccc(C(=O)NC(C)c5ccccc5)cn4)C3C2)c1C. The van der Waals surface area contributed by atoms with Crippen molar-refractivity contribution in [1.29, 1.82) is 0 Å². The third-order valence-electron chi connectivity index (χ3n) is 8.07. The molecular weight excluding hydrogens is 476 g/mol. The van der Waals surface area contributed by atoms with Crippen LogP contribution in [0, 0.1) is 12.8 Å². The number of nitrogens with one attached hydrogen (secondary N) is 2. The summed E-state index contributed by atoms with van der Waals surface area (Å²) in [6.45, 7) is 4.83. The van der Waals surface area contributed by atoms with Crippen LogP contribution in [0.2, 0.25) is 0 Å². The second-order valence-electron chi connectivity index (χ2n) is 10.4. The molecule has 1 aliphatic heterocycles. The average Bonchev–Trinajstić information content (AvgIpc) is 3.36. The first-order valence-corrected chi connectivity index (χ1v) is 13.5. The van der Waals surface area contributed by atoms with Gasteiger partial charge < -0.3 is 20.3 Å². The van der Waals surface area contributed by atoms with E-state index < -0.39 is 0 Å². The molecule has 1 saturated heterocycles. The molecule has 2 aliphatic rings. The van der Waals surface area contributed by atoms with Crippen LogP contribution in [-0.2, 0) is 0 Å². The Hall–Kier alpha value is -3.87. The number of hydrogen-bond donors (Lipinski definition) is 2. The number of carbonyl (C=O) groups excluding carboxylic acids is 2. The van der Waals surface area contributed by atoms with Crippen LogP contribution < -0.4 is 20.3 Å². The zero-order chi connectivity index (χ0) is 26.6. The minimum absolute atomic E-state index is 0.0465. The van der Waals surface area contributed by atoms with E-state index in [-0.39, 0.29) is 23.9 Å². The predicted molar refractivity (Wildman–Crippen MR) is 149 cm³/mol. The van der Waals surface area contributed by atoms with Gasteiger partial charge in [-0.25, -0.2) is 4.98 Å². The molecule has 2 N–H and O–H groups in total. The lowest BCUT2D eigenvalue weighted by Crippen LogP contribution is -2.43. The second kappa shape index (κ2) is 11.3. The highest BCUT2D eigenvalue weighted by Gasteiger charge is 2.41. The molecule has 198 valence electrons. The van der Waals surface area contributed by atoms with Crippen LogP contribution >= 0.6 is 0 Å². The first-order valence-electron chi connectivity index (χ1n) is 13.5. The van der Waals surface area contributed by atoms with Gasteiger partial charge in [0.05, 0.1) is 18.7 Å². The van der Waals surface area contributed by atoms with E-state index in [0.29, 0.717) is 23.1 Å². The molecule has 0 radical (unpaired) electrons. The molecule has 2 aromatic carbocycles. The number of benzene rings is 2. The Bertz CT molecular complexity index is 1280. The summed E-state index contributed by atoms with van der Waals surface area (Å²) in [7, 11) is 1.62. The molecule has 4 atom stereocenters. The van der Waals surface area contributed by atoms with Crippen LogP contribution in [0.3, 0.4) is 0 Å². The van der Waals surface area contributed by atoms with Crippen molar-refractivity contribution in [3.8, 4) is 5.75 Å². The van der Waals surface area contributed by atoms with Gasteiger partial charge >= 0.3 is 0 Å². The summed E-state index contributed by atoms with van der Waals surface area (Å²) in [4.78, 5) is 33.0. The molecule has 38 heavy (non-hydrogen) atoms. The number of amides is 2. The van der Waals surface area contributed by atoms with E-state index >= 15 is 0 Å². The second-order valence-corrected chi connectivity index (χ2v) is 10.4. The summed E-state index contributed by atoms with van der Waals surface area (Å²) in [5.41, 5.74) is 3.13. The van der Waals surface area contributed by atoms with Gasteiger partial charge in [-0.05, 0) is 75.3 Å². The Morgan fingerprint density at radius 1 is 1.03 bits per heavy atom. The average molecular weight is 513 g/mol. The van der Waals surface area contributed by atoms with E-state index in [2.05, 4.69) is 15.5 Å². The molecule has 2 heterocycles. The quantitative estimate of drug-likeness (QED) is 0.462. The van der Waals surface area contributed by atoms with Gasteiger partial charge in [0.15, 0.2) is 0 Å². The van der Waals surface area contributed by atoms with Crippen molar-refractivity contribution in [2.24, 2.45) is 5.92 Å². The normalized spacial score (nSPS) is 21.3. The van der Waals surface area contributed by atoms with Gasteiger partial charge in [0.1, 0.15) is 11.6 Å². The van der Waals surface area contributed by atoms with E-state index in [1.54, 1.807) is 13.3 Å². The van der Waals surface area contributed by atoms with E-state index in [1.165, 1.54) is 0 Å². The lowest BCUT2D eigenvalue weighted by atomic mass is 9.92. The zero-order valence-electron chi connectivity index (χ0n) is 22.3. The Kier molecular flexibility index (Phi) is 7.63. The van der Waals surface area contributed by atoms with Crippen LogP contribution in [0.5, 0.6) is 5.75 Å². The predicted octanol–water partition coefficient (Wildman–Crippen LogP) is 5.07. The van der Waals surface area contributed by atoms with Crippen molar-refractivity contribution in [2.45, 2.75) is 57.7 Å². The molecule has 1 aliphatic carbocycles. The molecule has 3 aromatic rings. The van der Waals surface area contributed by atoms with Gasteiger partial charge in [-0.2, -0.15) is 0 Å². The molecule has 5 rings (SSSR count). The summed E-state index contributed by atoms with van der Waals surface area (Å²) in [6, 6.07) is 19.7. The maximum atomic E-state index is 13.1. The van der Waals surface area contributed by atoms with E-state index in [9.17, 15) is 9.59 Å². The van der Waals surface area contributed by atoms with E-state index in [1.807, 2.05) is 74.5 Å². The van der Waals surface area contributed by atoms with Gasteiger partial charge in [-0.15, -0.1) is 0 Å². The first-order chi connectivity index (χ1) is 18.4. The molecule has 2 amide bonds. The summed E-state index contributed by atoms with van der Waals surface area (Å²) in [5, 5.41) is 6.33.